The maximum atomic E-state index is 11.7. The molecule has 2 N–H and O–H groups in total. The van der Waals surface area contributed by atoms with Crippen molar-refractivity contribution in [2.45, 2.75) is 13.0 Å². The molecule has 0 heterocycles. The number of methoxy groups -OCH3 is 1. The molecule has 1 aromatic rings. The van der Waals surface area contributed by atoms with E-state index in [2.05, 4.69) is 21.2 Å². The first-order chi connectivity index (χ1) is 10.2. The molecule has 1 atom stereocenters. The predicted molar refractivity (Wildman–Crippen MR) is 83.5 cm³/mol. The highest BCUT2D eigenvalue weighted by Crippen LogP contribution is 2.28. The lowest BCUT2D eigenvalue weighted by molar-refractivity contribution is -0.141. The number of carboxylic acid groups (broad SMARTS) is 1. The zero-order valence-corrected chi connectivity index (χ0v) is 14.4. The number of halogens is 1. The second kappa shape index (κ2) is 7.59. The molecule has 0 saturated heterocycles. The third-order valence-corrected chi connectivity index (χ3v) is 5.05. The first-order valence-electron chi connectivity index (χ1n) is 6.26. The molecule has 0 radical (unpaired) electrons. The summed E-state index contributed by atoms with van der Waals surface area (Å²) in [7, 11) is -2.06. The number of carboxylic acids is 1. The number of ether oxygens (including phenoxy) is 1. The van der Waals surface area contributed by atoms with Gasteiger partial charge in [0.25, 0.3) is 0 Å². The van der Waals surface area contributed by atoms with Crippen molar-refractivity contribution < 1.29 is 27.9 Å². The van der Waals surface area contributed by atoms with Crippen molar-refractivity contribution in [1.82, 2.24) is 5.32 Å². The number of benzene rings is 1. The Morgan fingerprint density at radius 2 is 2.05 bits per heavy atom. The highest BCUT2D eigenvalue weighted by Gasteiger charge is 2.25. The summed E-state index contributed by atoms with van der Waals surface area (Å²) in [6.07, 6.45) is 0. The summed E-state index contributed by atoms with van der Waals surface area (Å²) in [5, 5.41) is 11.4. The number of hydrogen-bond donors (Lipinski definition) is 2. The van der Waals surface area contributed by atoms with Gasteiger partial charge < -0.3 is 15.2 Å². The van der Waals surface area contributed by atoms with Gasteiger partial charge in [0.1, 0.15) is 11.5 Å². The molecule has 0 aromatic heterocycles. The molecule has 7 nitrogen and oxygen atoms in total. The predicted octanol–water partition coefficient (Wildman–Crippen LogP) is 1.13. The maximum Gasteiger partial charge on any atom is 0.330 e. The van der Waals surface area contributed by atoms with Gasteiger partial charge in [0.05, 0.1) is 11.6 Å². The molecule has 122 valence electrons. The Morgan fingerprint density at radius 3 is 2.50 bits per heavy atom. The van der Waals surface area contributed by atoms with E-state index >= 15 is 0 Å². The van der Waals surface area contributed by atoms with Crippen molar-refractivity contribution in [3.63, 3.8) is 0 Å². The topological polar surface area (TPSA) is 110 Å². The van der Waals surface area contributed by atoms with E-state index in [1.807, 2.05) is 0 Å². The van der Waals surface area contributed by atoms with Gasteiger partial charge in [-0.2, -0.15) is 0 Å². The van der Waals surface area contributed by atoms with Crippen LogP contribution in [0.15, 0.2) is 22.7 Å². The van der Waals surface area contributed by atoms with E-state index in [1.54, 1.807) is 6.07 Å². The molecule has 0 bridgehead atoms. The molecule has 9 heteroatoms. The van der Waals surface area contributed by atoms with Crippen molar-refractivity contribution in [2.75, 3.05) is 18.6 Å². The van der Waals surface area contributed by atoms with Crippen LogP contribution in [-0.4, -0.2) is 44.0 Å². The van der Waals surface area contributed by atoms with E-state index in [-0.39, 0.29) is 5.75 Å². The van der Waals surface area contributed by atoms with Crippen LogP contribution in [0.5, 0.6) is 5.75 Å². The third kappa shape index (κ3) is 4.99. The minimum Gasteiger partial charge on any atom is -0.496 e. The fourth-order valence-corrected chi connectivity index (χ4v) is 2.90. The Labute approximate surface area is 136 Å². The van der Waals surface area contributed by atoms with Crippen LogP contribution in [0.4, 0.5) is 0 Å². The van der Waals surface area contributed by atoms with Gasteiger partial charge in [-0.3, -0.25) is 4.79 Å². The van der Waals surface area contributed by atoms with Gasteiger partial charge in [0.2, 0.25) is 5.91 Å². The van der Waals surface area contributed by atoms with Gasteiger partial charge in [-0.25, -0.2) is 13.2 Å². The smallest absolute Gasteiger partial charge is 0.330 e. The third-order valence-electron chi connectivity index (χ3n) is 2.85. The number of sulfone groups is 1. The number of carbonyl (C=O) groups is 2. The van der Waals surface area contributed by atoms with Crippen LogP contribution in [0.1, 0.15) is 18.5 Å². The van der Waals surface area contributed by atoms with E-state index in [1.165, 1.54) is 26.2 Å². The summed E-state index contributed by atoms with van der Waals surface area (Å²) >= 11 is 3.22. The Bertz CT molecular complexity index is 673. The van der Waals surface area contributed by atoms with Gasteiger partial charge in [-0.1, -0.05) is 13.0 Å². The van der Waals surface area contributed by atoms with Crippen LogP contribution in [0.3, 0.4) is 0 Å². The molecular weight excluding hydrogens is 378 g/mol. The first-order valence-corrected chi connectivity index (χ1v) is 8.87. The summed E-state index contributed by atoms with van der Waals surface area (Å²) in [4.78, 5) is 23.0. The van der Waals surface area contributed by atoms with Crippen LogP contribution in [0.25, 0.3) is 0 Å². The largest absolute Gasteiger partial charge is 0.496 e. The highest BCUT2D eigenvalue weighted by atomic mass is 79.9. The molecule has 1 amide bonds. The fraction of sp³-hybridized carbons (Fsp3) is 0.385. The number of aliphatic carboxylic acids is 1. The standard InChI is InChI=1S/C13H16BrNO6S/c1-3-22(19,20)7-11(16)15-12(13(17)18)8-4-5-10(21-2)9(14)6-8/h4-6,12H,3,7H2,1-2H3,(H,15,16)(H,17,18). The molecule has 0 aliphatic rings. The van der Waals surface area contributed by atoms with Gasteiger partial charge >= 0.3 is 5.97 Å². The minimum absolute atomic E-state index is 0.188. The summed E-state index contributed by atoms with van der Waals surface area (Å²) in [6.45, 7) is 1.41. The van der Waals surface area contributed by atoms with Crippen LogP contribution in [-0.2, 0) is 19.4 Å². The van der Waals surface area contributed by atoms with Crippen LogP contribution in [0.2, 0.25) is 0 Å². The van der Waals surface area contributed by atoms with E-state index in [0.29, 0.717) is 15.8 Å². The molecule has 0 saturated carbocycles. The second-order valence-corrected chi connectivity index (χ2v) is 7.62. The quantitative estimate of drug-likeness (QED) is 0.718. The molecule has 22 heavy (non-hydrogen) atoms. The van der Waals surface area contributed by atoms with E-state index in [9.17, 15) is 23.1 Å². The number of rotatable bonds is 7. The molecule has 1 unspecified atom stereocenters. The number of hydrogen-bond acceptors (Lipinski definition) is 5. The van der Waals surface area contributed by atoms with Crippen molar-refractivity contribution in [2.24, 2.45) is 0 Å². The van der Waals surface area contributed by atoms with Crippen LogP contribution >= 0.6 is 15.9 Å². The van der Waals surface area contributed by atoms with E-state index in [4.69, 9.17) is 4.74 Å². The minimum atomic E-state index is -3.53. The van der Waals surface area contributed by atoms with Gasteiger partial charge in [0.15, 0.2) is 15.9 Å². The maximum absolute atomic E-state index is 11.7. The molecular formula is C13H16BrNO6S. The van der Waals surface area contributed by atoms with E-state index in [0.717, 1.165) is 0 Å². The summed E-state index contributed by atoms with van der Waals surface area (Å²) in [5.41, 5.74) is 0.294. The van der Waals surface area contributed by atoms with Crippen LogP contribution < -0.4 is 10.1 Å². The Hall–Kier alpha value is -1.61. The Kier molecular flexibility index (Phi) is 6.36. The zero-order chi connectivity index (χ0) is 16.9. The highest BCUT2D eigenvalue weighted by molar-refractivity contribution is 9.10. The SMILES string of the molecule is CCS(=O)(=O)CC(=O)NC(C(=O)O)c1ccc(OC)c(Br)c1. The van der Waals surface area contributed by atoms with Gasteiger partial charge in [-0.05, 0) is 33.6 Å². The fourth-order valence-electron chi connectivity index (χ4n) is 1.65. The van der Waals surface area contributed by atoms with Crippen molar-refractivity contribution in [1.29, 1.82) is 0 Å². The summed E-state index contributed by atoms with van der Waals surface area (Å²) in [5.74, 6) is -2.58. The van der Waals surface area contributed by atoms with Crippen molar-refractivity contribution >= 4 is 37.6 Å². The molecule has 0 fully saturated rings. The molecule has 0 aliphatic carbocycles. The molecule has 1 rings (SSSR count). The molecule has 0 aliphatic heterocycles. The lowest BCUT2D eigenvalue weighted by atomic mass is 10.1. The zero-order valence-electron chi connectivity index (χ0n) is 12.0. The van der Waals surface area contributed by atoms with Gasteiger partial charge in [-0.15, -0.1) is 0 Å². The number of nitrogens with one attached hydrogen (secondary N) is 1. The Balaban J connectivity index is 2.98. The van der Waals surface area contributed by atoms with Crippen molar-refractivity contribution in [3.8, 4) is 5.75 Å². The monoisotopic (exact) mass is 393 g/mol. The van der Waals surface area contributed by atoms with E-state index < -0.39 is 33.5 Å². The Morgan fingerprint density at radius 1 is 1.41 bits per heavy atom. The molecule has 0 spiro atoms. The average Bonchev–Trinajstić information content (AvgIpc) is 2.44. The lowest BCUT2D eigenvalue weighted by Gasteiger charge is -2.16. The summed E-state index contributed by atoms with van der Waals surface area (Å²) in [6, 6.07) is 3.18. The van der Waals surface area contributed by atoms with Gasteiger partial charge in [0, 0.05) is 5.75 Å². The first kappa shape index (κ1) is 18.4. The number of carbonyl (C=O) groups excluding carboxylic acids is 1. The molecule has 1 aromatic carbocycles. The van der Waals surface area contributed by atoms with Crippen LogP contribution in [0, 0.1) is 0 Å². The lowest BCUT2D eigenvalue weighted by Crippen LogP contribution is -2.37. The number of amides is 1. The summed E-state index contributed by atoms with van der Waals surface area (Å²) < 4.78 is 28.4. The van der Waals surface area contributed by atoms with Crippen molar-refractivity contribution in [3.05, 3.63) is 28.2 Å². The normalized spacial score (nSPS) is 12.5. The average molecular weight is 394 g/mol. The second-order valence-electron chi connectivity index (χ2n) is 4.41.